The van der Waals surface area contributed by atoms with Gasteiger partial charge in [0.25, 0.3) is 10.0 Å². The van der Waals surface area contributed by atoms with Crippen molar-refractivity contribution < 1.29 is 13.2 Å². The van der Waals surface area contributed by atoms with Crippen molar-refractivity contribution in [3.63, 3.8) is 0 Å². The fraction of sp³-hybridized carbons (Fsp3) is 0.500. The fourth-order valence-electron chi connectivity index (χ4n) is 2.07. The standard InChI is InChI=1S/C12H19N3O3S/c1-18-12-9-10(5-6-11(12)13)19(16,17)14-15-7-3-2-4-8-15/h5-6,9,14H,2-4,7-8,13H2,1H3. The molecule has 19 heavy (non-hydrogen) atoms. The van der Waals surface area contributed by atoms with Gasteiger partial charge in [0.2, 0.25) is 0 Å². The summed E-state index contributed by atoms with van der Waals surface area (Å²) in [6.07, 6.45) is 3.16. The molecule has 0 radical (unpaired) electrons. The molecule has 0 bridgehead atoms. The van der Waals surface area contributed by atoms with E-state index in [1.54, 1.807) is 5.01 Å². The van der Waals surface area contributed by atoms with Gasteiger partial charge in [-0.15, -0.1) is 4.83 Å². The van der Waals surface area contributed by atoms with E-state index in [0.717, 1.165) is 32.4 Å². The molecule has 0 unspecified atom stereocenters. The van der Waals surface area contributed by atoms with Crippen LogP contribution in [0, 0.1) is 0 Å². The van der Waals surface area contributed by atoms with Crippen LogP contribution in [0.2, 0.25) is 0 Å². The Labute approximate surface area is 113 Å². The number of hydrogen-bond acceptors (Lipinski definition) is 5. The van der Waals surface area contributed by atoms with Crippen LogP contribution in [0.15, 0.2) is 23.1 Å². The van der Waals surface area contributed by atoms with Gasteiger partial charge in [-0.3, -0.25) is 0 Å². The zero-order chi connectivity index (χ0) is 13.9. The number of hydrogen-bond donors (Lipinski definition) is 2. The summed E-state index contributed by atoms with van der Waals surface area (Å²) in [4.78, 5) is 2.75. The van der Waals surface area contributed by atoms with E-state index in [-0.39, 0.29) is 4.90 Å². The molecule has 1 saturated heterocycles. The van der Waals surface area contributed by atoms with Crippen molar-refractivity contribution in [2.75, 3.05) is 25.9 Å². The lowest BCUT2D eigenvalue weighted by atomic mass is 10.2. The van der Waals surface area contributed by atoms with E-state index in [4.69, 9.17) is 10.5 Å². The van der Waals surface area contributed by atoms with Crippen LogP contribution >= 0.6 is 0 Å². The number of hydrazine groups is 1. The first-order valence-corrected chi connectivity index (χ1v) is 7.72. The molecule has 1 aliphatic heterocycles. The van der Waals surface area contributed by atoms with E-state index in [9.17, 15) is 8.42 Å². The minimum absolute atomic E-state index is 0.157. The lowest BCUT2D eigenvalue weighted by molar-refractivity contribution is 0.200. The monoisotopic (exact) mass is 285 g/mol. The third-order valence-corrected chi connectivity index (χ3v) is 4.49. The summed E-state index contributed by atoms with van der Waals surface area (Å²) in [6.45, 7) is 1.48. The van der Waals surface area contributed by atoms with Crippen LogP contribution in [0.4, 0.5) is 5.69 Å². The normalized spacial score (nSPS) is 17.3. The van der Waals surface area contributed by atoms with Crippen LogP contribution in [0.3, 0.4) is 0 Å². The number of sulfonamides is 1. The zero-order valence-corrected chi connectivity index (χ0v) is 11.7. The van der Waals surface area contributed by atoms with E-state index >= 15 is 0 Å². The molecule has 1 heterocycles. The molecule has 1 aromatic rings. The highest BCUT2D eigenvalue weighted by Crippen LogP contribution is 2.24. The van der Waals surface area contributed by atoms with Gasteiger partial charge in [0.1, 0.15) is 5.75 Å². The fourth-order valence-corrected chi connectivity index (χ4v) is 3.20. The maximum absolute atomic E-state index is 12.2. The van der Waals surface area contributed by atoms with Gasteiger partial charge in [-0.25, -0.2) is 13.4 Å². The molecule has 0 aliphatic carbocycles. The summed E-state index contributed by atoms with van der Waals surface area (Å²) in [5.41, 5.74) is 6.09. The molecule has 0 atom stereocenters. The predicted molar refractivity (Wildman–Crippen MR) is 73.2 cm³/mol. The Hall–Kier alpha value is -1.31. The van der Waals surface area contributed by atoms with Crippen molar-refractivity contribution in [1.82, 2.24) is 9.84 Å². The zero-order valence-electron chi connectivity index (χ0n) is 10.9. The van der Waals surface area contributed by atoms with Gasteiger partial charge >= 0.3 is 0 Å². The minimum Gasteiger partial charge on any atom is -0.495 e. The average Bonchev–Trinajstić information content (AvgIpc) is 2.39. The molecular weight excluding hydrogens is 266 g/mol. The topological polar surface area (TPSA) is 84.7 Å². The largest absolute Gasteiger partial charge is 0.495 e. The van der Waals surface area contributed by atoms with Gasteiger partial charge in [0.05, 0.1) is 17.7 Å². The van der Waals surface area contributed by atoms with Crippen molar-refractivity contribution in [2.24, 2.45) is 0 Å². The molecule has 1 aliphatic rings. The van der Waals surface area contributed by atoms with Crippen LogP contribution in [0.1, 0.15) is 19.3 Å². The van der Waals surface area contributed by atoms with Crippen LogP contribution in [-0.4, -0.2) is 33.6 Å². The summed E-state index contributed by atoms with van der Waals surface area (Å²) in [7, 11) is -2.11. The van der Waals surface area contributed by atoms with Gasteiger partial charge in [-0.05, 0) is 25.0 Å². The number of nitrogen functional groups attached to an aromatic ring is 1. The maximum atomic E-state index is 12.2. The van der Waals surface area contributed by atoms with Crippen LogP contribution in [-0.2, 0) is 10.0 Å². The van der Waals surface area contributed by atoms with E-state index in [1.807, 2.05) is 0 Å². The van der Waals surface area contributed by atoms with Crippen molar-refractivity contribution in [3.8, 4) is 5.75 Å². The number of nitrogens with two attached hydrogens (primary N) is 1. The Balaban J connectivity index is 2.18. The Morgan fingerprint density at radius 1 is 1.26 bits per heavy atom. The Morgan fingerprint density at radius 3 is 2.58 bits per heavy atom. The number of piperidine rings is 1. The first-order chi connectivity index (χ1) is 9.03. The molecule has 0 amide bonds. The number of rotatable bonds is 4. The van der Waals surface area contributed by atoms with Crippen molar-refractivity contribution in [2.45, 2.75) is 24.2 Å². The molecule has 0 spiro atoms. The molecule has 6 nitrogen and oxygen atoms in total. The smallest absolute Gasteiger partial charge is 0.253 e. The maximum Gasteiger partial charge on any atom is 0.253 e. The summed E-state index contributed by atoms with van der Waals surface area (Å²) in [5, 5.41) is 1.74. The van der Waals surface area contributed by atoms with Crippen molar-refractivity contribution in [3.05, 3.63) is 18.2 Å². The molecule has 7 heteroatoms. The second-order valence-electron chi connectivity index (χ2n) is 4.55. The molecule has 1 aromatic carbocycles. The Kier molecular flexibility index (Phi) is 4.28. The molecule has 0 aromatic heterocycles. The molecule has 0 saturated carbocycles. The average molecular weight is 285 g/mol. The third kappa shape index (κ3) is 3.37. The number of methoxy groups -OCH3 is 1. The van der Waals surface area contributed by atoms with E-state index in [2.05, 4.69) is 4.83 Å². The molecule has 1 fully saturated rings. The first-order valence-electron chi connectivity index (χ1n) is 6.24. The second kappa shape index (κ2) is 5.77. The Morgan fingerprint density at radius 2 is 1.95 bits per heavy atom. The highest BCUT2D eigenvalue weighted by molar-refractivity contribution is 7.89. The summed E-state index contributed by atoms with van der Waals surface area (Å²) in [6, 6.07) is 4.44. The van der Waals surface area contributed by atoms with Crippen molar-refractivity contribution >= 4 is 15.7 Å². The molecule has 106 valence electrons. The van der Waals surface area contributed by atoms with Gasteiger partial charge in [0, 0.05) is 19.2 Å². The summed E-state index contributed by atoms with van der Waals surface area (Å²) >= 11 is 0. The summed E-state index contributed by atoms with van der Waals surface area (Å²) < 4.78 is 29.5. The van der Waals surface area contributed by atoms with Crippen molar-refractivity contribution in [1.29, 1.82) is 0 Å². The van der Waals surface area contributed by atoms with Crippen LogP contribution in [0.5, 0.6) is 5.75 Å². The minimum atomic E-state index is -3.57. The van der Waals surface area contributed by atoms with Gasteiger partial charge in [-0.2, -0.15) is 0 Å². The highest BCUT2D eigenvalue weighted by Gasteiger charge is 2.20. The van der Waals surface area contributed by atoms with Crippen LogP contribution < -0.4 is 15.3 Å². The third-order valence-electron chi connectivity index (χ3n) is 3.12. The number of benzene rings is 1. The van der Waals surface area contributed by atoms with Gasteiger partial charge in [0.15, 0.2) is 0 Å². The van der Waals surface area contributed by atoms with E-state index < -0.39 is 10.0 Å². The van der Waals surface area contributed by atoms with Gasteiger partial charge < -0.3 is 10.5 Å². The van der Waals surface area contributed by atoms with E-state index in [1.165, 1.54) is 25.3 Å². The second-order valence-corrected chi connectivity index (χ2v) is 6.21. The van der Waals surface area contributed by atoms with Crippen LogP contribution in [0.25, 0.3) is 0 Å². The van der Waals surface area contributed by atoms with Gasteiger partial charge in [-0.1, -0.05) is 6.42 Å². The van der Waals surface area contributed by atoms with E-state index in [0.29, 0.717) is 11.4 Å². The lowest BCUT2D eigenvalue weighted by Crippen LogP contribution is -2.44. The SMILES string of the molecule is COc1cc(S(=O)(=O)NN2CCCCC2)ccc1N. The molecule has 3 N–H and O–H groups in total. The molecular formula is C12H19N3O3S. The quantitative estimate of drug-likeness (QED) is 0.805. The molecule has 2 rings (SSSR count). The predicted octanol–water partition coefficient (Wildman–Crippen LogP) is 0.957. The number of ether oxygens (including phenoxy) is 1. The number of anilines is 1. The number of nitrogens with one attached hydrogen (secondary N) is 1. The summed E-state index contributed by atoms with van der Waals surface area (Å²) in [5.74, 6) is 0.363. The first kappa shape index (κ1) is 14.1. The number of nitrogens with zero attached hydrogens (tertiary/aromatic N) is 1. The highest BCUT2D eigenvalue weighted by atomic mass is 32.2. The Bertz CT molecular complexity index is 539. The lowest BCUT2D eigenvalue weighted by Gasteiger charge is -2.26.